The highest BCUT2D eigenvalue weighted by Crippen LogP contribution is 2.27. The van der Waals surface area contributed by atoms with Crippen molar-refractivity contribution in [1.29, 1.82) is 0 Å². The number of carbonyl (C=O) groups is 2. The van der Waals surface area contributed by atoms with Crippen LogP contribution in [-0.2, 0) is 26.2 Å². The van der Waals surface area contributed by atoms with E-state index < -0.39 is 28.5 Å². The third-order valence-electron chi connectivity index (χ3n) is 6.05. The summed E-state index contributed by atoms with van der Waals surface area (Å²) in [4.78, 5) is 28.4. The van der Waals surface area contributed by atoms with Crippen molar-refractivity contribution < 1.29 is 22.7 Å². The first-order chi connectivity index (χ1) is 18.5. The molecule has 39 heavy (non-hydrogen) atoms. The average molecular weight is 572 g/mol. The van der Waals surface area contributed by atoms with E-state index in [1.807, 2.05) is 19.9 Å². The highest BCUT2D eigenvalue weighted by atomic mass is 35.5. The summed E-state index contributed by atoms with van der Waals surface area (Å²) in [5.74, 6) is -0.0632. The maximum Gasteiger partial charge on any atom is 0.264 e. The van der Waals surface area contributed by atoms with E-state index in [-0.39, 0.29) is 29.0 Å². The van der Waals surface area contributed by atoms with Crippen molar-refractivity contribution in [2.24, 2.45) is 5.92 Å². The molecule has 0 bridgehead atoms. The van der Waals surface area contributed by atoms with Crippen LogP contribution in [0, 0.1) is 5.92 Å². The van der Waals surface area contributed by atoms with E-state index in [1.165, 1.54) is 23.1 Å². The lowest BCUT2D eigenvalue weighted by atomic mass is 10.1. The van der Waals surface area contributed by atoms with Crippen molar-refractivity contribution in [3.8, 4) is 5.75 Å². The largest absolute Gasteiger partial charge is 0.497 e. The zero-order chi connectivity index (χ0) is 28.6. The number of ether oxygens (including phenoxy) is 1. The van der Waals surface area contributed by atoms with Gasteiger partial charge in [0.15, 0.2) is 0 Å². The van der Waals surface area contributed by atoms with Crippen molar-refractivity contribution in [1.82, 2.24) is 10.2 Å². The fourth-order valence-corrected chi connectivity index (χ4v) is 5.49. The van der Waals surface area contributed by atoms with E-state index in [4.69, 9.17) is 16.3 Å². The summed E-state index contributed by atoms with van der Waals surface area (Å²) < 4.78 is 33.8. The molecule has 1 N–H and O–H groups in total. The van der Waals surface area contributed by atoms with Gasteiger partial charge in [-0.25, -0.2) is 8.42 Å². The van der Waals surface area contributed by atoms with Gasteiger partial charge in [0.25, 0.3) is 10.0 Å². The number of nitrogens with one attached hydrogen (secondary N) is 1. The molecular formula is C29H34ClN3O5S. The number of hydrogen-bond acceptors (Lipinski definition) is 5. The third kappa shape index (κ3) is 7.97. The quantitative estimate of drug-likeness (QED) is 0.339. The maximum absolute atomic E-state index is 13.9. The van der Waals surface area contributed by atoms with Gasteiger partial charge in [-0.3, -0.25) is 13.9 Å². The first-order valence-corrected chi connectivity index (χ1v) is 14.4. The Labute approximate surface area is 235 Å². The average Bonchev–Trinajstić information content (AvgIpc) is 2.93. The van der Waals surface area contributed by atoms with Gasteiger partial charge in [0.05, 0.1) is 17.7 Å². The van der Waals surface area contributed by atoms with Crippen LogP contribution < -0.4 is 14.4 Å². The van der Waals surface area contributed by atoms with Crippen LogP contribution >= 0.6 is 11.6 Å². The predicted octanol–water partition coefficient (Wildman–Crippen LogP) is 4.73. The molecule has 0 radical (unpaired) electrons. The molecule has 0 heterocycles. The zero-order valence-corrected chi connectivity index (χ0v) is 24.1. The van der Waals surface area contributed by atoms with Gasteiger partial charge in [-0.2, -0.15) is 0 Å². The Hall–Kier alpha value is -3.56. The molecular weight excluding hydrogens is 538 g/mol. The fraction of sp³-hybridized carbons (Fsp3) is 0.310. The van der Waals surface area contributed by atoms with E-state index in [9.17, 15) is 18.0 Å². The summed E-state index contributed by atoms with van der Waals surface area (Å²) in [7, 11) is -2.60. The van der Waals surface area contributed by atoms with Crippen LogP contribution in [0.15, 0.2) is 83.8 Å². The van der Waals surface area contributed by atoms with Crippen LogP contribution in [0.2, 0.25) is 5.02 Å². The van der Waals surface area contributed by atoms with Crippen molar-refractivity contribution in [2.45, 2.75) is 38.3 Å². The van der Waals surface area contributed by atoms with E-state index in [0.29, 0.717) is 17.3 Å². The summed E-state index contributed by atoms with van der Waals surface area (Å²) in [5.41, 5.74) is 0.962. The van der Waals surface area contributed by atoms with Gasteiger partial charge >= 0.3 is 0 Å². The molecule has 10 heteroatoms. The number of sulfonamides is 1. The molecule has 0 aliphatic rings. The first-order valence-electron chi connectivity index (χ1n) is 12.6. The van der Waals surface area contributed by atoms with Crippen LogP contribution in [0.1, 0.15) is 26.3 Å². The minimum absolute atomic E-state index is 0.0276. The number of methoxy groups -OCH3 is 1. The number of rotatable bonds is 12. The molecule has 0 saturated heterocycles. The molecule has 1 atom stereocenters. The monoisotopic (exact) mass is 571 g/mol. The molecule has 0 spiro atoms. The molecule has 3 rings (SSSR count). The second-order valence-corrected chi connectivity index (χ2v) is 11.8. The Bertz CT molecular complexity index is 1380. The number of carbonyl (C=O) groups excluding carboxylic acids is 2. The van der Waals surface area contributed by atoms with Gasteiger partial charge < -0.3 is 15.0 Å². The van der Waals surface area contributed by atoms with Gasteiger partial charge in [0.2, 0.25) is 11.8 Å². The van der Waals surface area contributed by atoms with Gasteiger partial charge in [0, 0.05) is 18.1 Å². The van der Waals surface area contributed by atoms with E-state index >= 15 is 0 Å². The minimum Gasteiger partial charge on any atom is -0.497 e. The lowest BCUT2D eigenvalue weighted by Crippen LogP contribution is -2.51. The first kappa shape index (κ1) is 30.0. The molecule has 0 unspecified atom stereocenters. The summed E-state index contributed by atoms with van der Waals surface area (Å²) >= 11 is 6.19. The number of amides is 2. The summed E-state index contributed by atoms with van der Waals surface area (Å²) in [6, 6.07) is 20.5. The predicted molar refractivity (Wildman–Crippen MR) is 153 cm³/mol. The molecule has 0 aliphatic carbocycles. The standard InChI is InChI=1S/C29H34ClN3O5S/c1-21(2)18-31-29(35)22(3)32(19-23-10-8-13-26(16-23)38-4)28(34)20-33(25-12-9-11-24(30)17-25)39(36,37)27-14-6-5-7-15-27/h5-17,21-22H,18-20H2,1-4H3,(H,31,35)/t22-/m1/s1. The Morgan fingerprint density at radius 1 is 0.949 bits per heavy atom. The lowest BCUT2D eigenvalue weighted by Gasteiger charge is -2.32. The molecule has 0 saturated carbocycles. The number of nitrogens with zero attached hydrogens (tertiary/aromatic N) is 2. The maximum atomic E-state index is 13.9. The Kier molecular flexibility index (Phi) is 10.4. The smallest absolute Gasteiger partial charge is 0.264 e. The fourth-order valence-electron chi connectivity index (χ4n) is 3.88. The molecule has 208 valence electrons. The number of anilines is 1. The molecule has 0 fully saturated rings. The summed E-state index contributed by atoms with van der Waals surface area (Å²) in [5, 5.41) is 3.19. The second kappa shape index (κ2) is 13.5. The molecule has 8 nitrogen and oxygen atoms in total. The van der Waals surface area contributed by atoms with E-state index in [1.54, 1.807) is 68.6 Å². The molecule has 2 amide bonds. The van der Waals surface area contributed by atoms with E-state index in [2.05, 4.69) is 5.32 Å². The van der Waals surface area contributed by atoms with Crippen molar-refractivity contribution in [3.63, 3.8) is 0 Å². The van der Waals surface area contributed by atoms with Gasteiger partial charge in [-0.05, 0) is 60.9 Å². The molecule has 3 aromatic rings. The van der Waals surface area contributed by atoms with Gasteiger partial charge in [0.1, 0.15) is 18.3 Å². The number of hydrogen-bond donors (Lipinski definition) is 1. The third-order valence-corrected chi connectivity index (χ3v) is 8.07. The Morgan fingerprint density at radius 2 is 1.64 bits per heavy atom. The van der Waals surface area contributed by atoms with Crippen LogP contribution in [-0.4, -0.2) is 51.4 Å². The van der Waals surface area contributed by atoms with Crippen molar-refractivity contribution in [3.05, 3.63) is 89.4 Å². The minimum atomic E-state index is -4.14. The number of halogens is 1. The lowest BCUT2D eigenvalue weighted by molar-refractivity contribution is -0.139. The van der Waals surface area contributed by atoms with Crippen LogP contribution in [0.4, 0.5) is 5.69 Å². The molecule has 3 aromatic carbocycles. The van der Waals surface area contributed by atoms with Crippen molar-refractivity contribution >= 4 is 39.1 Å². The summed E-state index contributed by atoms with van der Waals surface area (Å²) in [6.07, 6.45) is 0. The van der Waals surface area contributed by atoms with E-state index in [0.717, 1.165) is 9.87 Å². The zero-order valence-electron chi connectivity index (χ0n) is 22.5. The second-order valence-electron chi connectivity index (χ2n) is 9.49. The highest BCUT2D eigenvalue weighted by Gasteiger charge is 2.32. The Balaban J connectivity index is 2.01. The highest BCUT2D eigenvalue weighted by molar-refractivity contribution is 7.92. The van der Waals surface area contributed by atoms with Crippen molar-refractivity contribution in [2.75, 3.05) is 24.5 Å². The van der Waals surface area contributed by atoms with Crippen LogP contribution in [0.25, 0.3) is 0 Å². The molecule has 0 aromatic heterocycles. The van der Waals surface area contributed by atoms with Gasteiger partial charge in [-0.1, -0.05) is 61.8 Å². The number of benzene rings is 3. The molecule has 0 aliphatic heterocycles. The normalized spacial score (nSPS) is 12.1. The van der Waals surface area contributed by atoms with Crippen LogP contribution in [0.5, 0.6) is 5.75 Å². The SMILES string of the molecule is COc1cccc(CN(C(=O)CN(c2cccc(Cl)c2)S(=O)(=O)c2ccccc2)[C@H](C)C(=O)NCC(C)C)c1. The Morgan fingerprint density at radius 3 is 2.28 bits per heavy atom. The summed E-state index contributed by atoms with van der Waals surface area (Å²) in [6.45, 7) is 5.55. The topological polar surface area (TPSA) is 96.0 Å². The van der Waals surface area contributed by atoms with Gasteiger partial charge in [-0.15, -0.1) is 0 Å². The van der Waals surface area contributed by atoms with Crippen LogP contribution in [0.3, 0.4) is 0 Å².